The molecule has 2 aromatic rings. The summed E-state index contributed by atoms with van der Waals surface area (Å²) in [6, 6.07) is 12.0. The Bertz CT molecular complexity index is 1200. The molecule has 2 saturated heterocycles. The summed E-state index contributed by atoms with van der Waals surface area (Å²) >= 11 is 11.8. The van der Waals surface area contributed by atoms with Gasteiger partial charge >= 0.3 is 0 Å². The first-order valence-corrected chi connectivity index (χ1v) is 14.2. The Balaban J connectivity index is 1.52. The minimum Gasteiger partial charge on any atom is -0.370 e. The molecule has 2 aliphatic heterocycles. The number of halogens is 3. The molecule has 10 heteroatoms. The van der Waals surface area contributed by atoms with E-state index in [9.17, 15) is 18.8 Å². The standard InChI is InChI=1S/C29H35Cl2FN4O3/c30-22-10-7-19(28(32)27(22)31)8-12-25(37)23(11-13-26(34)38)35-15-14-21(9-6-18-4-2-1-3-5-18)36-17-20(33)16-24(36)29(35)39/h1-5,7,10,20-21,23-24H,6,8-9,11-17,33H2,(H2,34,38)/t20-,21?,23-,24+/m1/s1. The fourth-order valence-electron chi connectivity index (χ4n) is 5.85. The Morgan fingerprint density at radius 2 is 1.82 bits per heavy atom. The Kier molecular flexibility index (Phi) is 9.99. The van der Waals surface area contributed by atoms with Crippen LogP contribution in [0.5, 0.6) is 0 Å². The van der Waals surface area contributed by atoms with Gasteiger partial charge in [0, 0.05) is 38.0 Å². The first kappa shape index (κ1) is 29.5. The molecule has 0 radical (unpaired) electrons. The van der Waals surface area contributed by atoms with Crippen molar-refractivity contribution in [3.63, 3.8) is 0 Å². The van der Waals surface area contributed by atoms with E-state index in [2.05, 4.69) is 17.0 Å². The van der Waals surface area contributed by atoms with Crippen molar-refractivity contribution in [2.24, 2.45) is 11.5 Å². The SMILES string of the molecule is NC(=O)CC[C@H](C(=O)CCc1ccc(Cl)c(Cl)c1F)N1CCC(CCc2ccccc2)N2C[C@H](N)C[C@H]2C1=O. The number of primary amides is 1. The number of ketones is 1. The summed E-state index contributed by atoms with van der Waals surface area (Å²) in [6.07, 6.45) is 3.10. The molecule has 0 bridgehead atoms. The molecule has 2 amide bonds. The van der Waals surface area contributed by atoms with Gasteiger partial charge in [0.25, 0.3) is 0 Å². The normalized spacial score (nSPS) is 22.4. The molecule has 1 unspecified atom stereocenters. The molecule has 39 heavy (non-hydrogen) atoms. The number of amides is 2. The molecular weight excluding hydrogens is 542 g/mol. The number of hydrogen-bond acceptors (Lipinski definition) is 5. The Morgan fingerprint density at radius 3 is 2.54 bits per heavy atom. The van der Waals surface area contributed by atoms with Gasteiger partial charge in [0.2, 0.25) is 11.8 Å². The molecule has 2 heterocycles. The van der Waals surface area contributed by atoms with Crippen LogP contribution < -0.4 is 11.5 Å². The highest BCUT2D eigenvalue weighted by Crippen LogP contribution is 2.31. The van der Waals surface area contributed by atoms with Gasteiger partial charge in [0.05, 0.1) is 22.1 Å². The van der Waals surface area contributed by atoms with Crippen LogP contribution in [0.25, 0.3) is 0 Å². The third kappa shape index (κ3) is 7.17. The molecule has 210 valence electrons. The number of Topliss-reactive ketones (excluding diaryl/α,β-unsaturated/α-hetero) is 1. The number of nitrogens with zero attached hydrogens (tertiary/aromatic N) is 2. The second kappa shape index (κ2) is 13.2. The monoisotopic (exact) mass is 576 g/mol. The lowest BCUT2D eigenvalue weighted by Crippen LogP contribution is -2.51. The number of fused-ring (bicyclic) bond motifs is 1. The van der Waals surface area contributed by atoms with Crippen LogP contribution in [0.3, 0.4) is 0 Å². The van der Waals surface area contributed by atoms with Crippen molar-refractivity contribution in [3.05, 3.63) is 69.5 Å². The molecule has 0 saturated carbocycles. The van der Waals surface area contributed by atoms with Gasteiger partial charge in [-0.25, -0.2) is 4.39 Å². The molecule has 0 aromatic heterocycles. The molecule has 4 atom stereocenters. The maximum atomic E-state index is 14.6. The molecule has 4 rings (SSSR count). The van der Waals surface area contributed by atoms with E-state index in [1.807, 2.05) is 18.2 Å². The second-order valence-corrected chi connectivity index (χ2v) is 11.3. The zero-order valence-corrected chi connectivity index (χ0v) is 23.3. The topological polar surface area (TPSA) is 110 Å². The van der Waals surface area contributed by atoms with Gasteiger partial charge in [-0.1, -0.05) is 59.6 Å². The lowest BCUT2D eigenvalue weighted by molar-refractivity contribution is -0.142. The molecule has 2 fully saturated rings. The summed E-state index contributed by atoms with van der Waals surface area (Å²) in [6.45, 7) is 1.01. The number of carbonyl (C=O) groups is 3. The average molecular weight is 578 g/mol. The van der Waals surface area contributed by atoms with E-state index in [0.29, 0.717) is 25.9 Å². The summed E-state index contributed by atoms with van der Waals surface area (Å²) in [7, 11) is 0. The van der Waals surface area contributed by atoms with E-state index in [1.54, 1.807) is 4.90 Å². The third-order valence-corrected chi connectivity index (χ3v) is 8.67. The third-order valence-electron chi connectivity index (χ3n) is 7.89. The van der Waals surface area contributed by atoms with Crippen molar-refractivity contribution in [2.45, 2.75) is 75.5 Å². The van der Waals surface area contributed by atoms with Crippen LogP contribution in [0.1, 0.15) is 49.7 Å². The fraction of sp³-hybridized carbons (Fsp3) is 0.483. The van der Waals surface area contributed by atoms with Crippen LogP contribution in [0.15, 0.2) is 42.5 Å². The van der Waals surface area contributed by atoms with E-state index in [4.69, 9.17) is 34.7 Å². The zero-order valence-electron chi connectivity index (χ0n) is 21.8. The summed E-state index contributed by atoms with van der Waals surface area (Å²) in [4.78, 5) is 42.9. The first-order valence-electron chi connectivity index (χ1n) is 13.4. The van der Waals surface area contributed by atoms with E-state index in [-0.39, 0.29) is 65.1 Å². The summed E-state index contributed by atoms with van der Waals surface area (Å²) in [5.41, 5.74) is 13.2. The van der Waals surface area contributed by atoms with E-state index in [0.717, 1.165) is 12.8 Å². The van der Waals surface area contributed by atoms with Gasteiger partial charge in [-0.15, -0.1) is 0 Å². The molecule has 0 aliphatic carbocycles. The van der Waals surface area contributed by atoms with Crippen molar-refractivity contribution in [3.8, 4) is 0 Å². The first-order chi connectivity index (χ1) is 18.7. The lowest BCUT2D eigenvalue weighted by Gasteiger charge is -2.32. The number of hydrogen-bond donors (Lipinski definition) is 2. The van der Waals surface area contributed by atoms with Gasteiger partial charge in [-0.3, -0.25) is 19.3 Å². The number of aryl methyl sites for hydroxylation is 2. The van der Waals surface area contributed by atoms with Gasteiger partial charge < -0.3 is 16.4 Å². The van der Waals surface area contributed by atoms with Crippen molar-refractivity contribution in [2.75, 3.05) is 13.1 Å². The van der Waals surface area contributed by atoms with Gasteiger partial charge in [0.1, 0.15) is 5.82 Å². The fourth-order valence-corrected chi connectivity index (χ4v) is 6.18. The Hall–Kier alpha value is -2.52. The number of carbonyl (C=O) groups excluding carboxylic acids is 3. The van der Waals surface area contributed by atoms with Crippen LogP contribution >= 0.6 is 23.2 Å². The van der Waals surface area contributed by atoms with Crippen LogP contribution in [0.4, 0.5) is 4.39 Å². The Morgan fingerprint density at radius 1 is 1.08 bits per heavy atom. The van der Waals surface area contributed by atoms with E-state index in [1.165, 1.54) is 17.7 Å². The van der Waals surface area contributed by atoms with Crippen LogP contribution in [-0.2, 0) is 27.2 Å². The van der Waals surface area contributed by atoms with Crippen molar-refractivity contribution >= 4 is 40.8 Å². The molecule has 4 N–H and O–H groups in total. The summed E-state index contributed by atoms with van der Waals surface area (Å²) in [5.74, 6) is -1.59. The van der Waals surface area contributed by atoms with E-state index < -0.39 is 23.8 Å². The van der Waals surface area contributed by atoms with Gasteiger partial charge in [0.15, 0.2) is 5.78 Å². The second-order valence-electron chi connectivity index (χ2n) is 10.5. The summed E-state index contributed by atoms with van der Waals surface area (Å²) in [5, 5.41) is -0.0892. The Labute approximate surface area is 238 Å². The highest BCUT2D eigenvalue weighted by molar-refractivity contribution is 6.42. The van der Waals surface area contributed by atoms with Gasteiger partial charge in [-0.05, 0) is 55.7 Å². The van der Waals surface area contributed by atoms with Gasteiger partial charge in [-0.2, -0.15) is 0 Å². The highest BCUT2D eigenvalue weighted by Gasteiger charge is 2.45. The maximum absolute atomic E-state index is 14.6. The minimum atomic E-state index is -0.831. The number of nitrogens with two attached hydrogens (primary N) is 2. The minimum absolute atomic E-state index is 0.0204. The smallest absolute Gasteiger partial charge is 0.240 e. The van der Waals surface area contributed by atoms with Crippen LogP contribution in [0.2, 0.25) is 10.0 Å². The molecular formula is C29H35Cl2FN4O3. The number of benzene rings is 2. The zero-order chi connectivity index (χ0) is 28.1. The van der Waals surface area contributed by atoms with E-state index >= 15 is 0 Å². The molecule has 0 spiro atoms. The maximum Gasteiger partial charge on any atom is 0.240 e. The van der Waals surface area contributed by atoms with Crippen molar-refractivity contribution < 1.29 is 18.8 Å². The average Bonchev–Trinajstić information content (AvgIpc) is 3.26. The summed E-state index contributed by atoms with van der Waals surface area (Å²) < 4.78 is 14.6. The largest absolute Gasteiger partial charge is 0.370 e. The predicted molar refractivity (Wildman–Crippen MR) is 150 cm³/mol. The van der Waals surface area contributed by atoms with Crippen molar-refractivity contribution in [1.82, 2.24) is 9.80 Å². The highest BCUT2D eigenvalue weighted by atomic mass is 35.5. The quantitative estimate of drug-likeness (QED) is 0.394. The molecule has 2 aliphatic rings. The van der Waals surface area contributed by atoms with Crippen LogP contribution in [-0.4, -0.2) is 64.7 Å². The lowest BCUT2D eigenvalue weighted by atomic mass is 9.97. The van der Waals surface area contributed by atoms with Crippen LogP contribution in [0, 0.1) is 5.82 Å². The predicted octanol–water partition coefficient (Wildman–Crippen LogP) is 3.90. The molecule has 2 aromatic carbocycles. The van der Waals surface area contributed by atoms with Crippen molar-refractivity contribution in [1.29, 1.82) is 0 Å². The molecule has 7 nitrogen and oxygen atoms in total. The number of rotatable bonds is 11.